The lowest BCUT2D eigenvalue weighted by molar-refractivity contribution is -0.139. The van der Waals surface area contributed by atoms with Crippen LogP contribution in [-0.2, 0) is 10.2 Å². The highest BCUT2D eigenvalue weighted by Crippen LogP contribution is 2.27. The fourth-order valence-electron chi connectivity index (χ4n) is 1.64. The summed E-state index contributed by atoms with van der Waals surface area (Å²) in [5.74, 6) is -0.945. The Balaban J connectivity index is 2.80. The first-order chi connectivity index (χ1) is 6.93. The summed E-state index contributed by atoms with van der Waals surface area (Å²) in [6.45, 7) is 4.01. The van der Waals surface area contributed by atoms with Crippen LogP contribution < -0.4 is 5.73 Å². The maximum absolute atomic E-state index is 10.7. The molecule has 0 aromatic heterocycles. The minimum Gasteiger partial charge on any atom is -0.480 e. The maximum atomic E-state index is 10.7. The topological polar surface area (TPSA) is 63.3 Å². The van der Waals surface area contributed by atoms with Crippen molar-refractivity contribution in [2.45, 2.75) is 31.7 Å². The van der Waals surface area contributed by atoms with Gasteiger partial charge < -0.3 is 10.8 Å². The molecule has 0 aliphatic rings. The molecule has 15 heavy (non-hydrogen) atoms. The van der Waals surface area contributed by atoms with Crippen LogP contribution in [0.15, 0.2) is 30.3 Å². The highest BCUT2D eigenvalue weighted by molar-refractivity contribution is 5.73. The average Bonchev–Trinajstić information content (AvgIpc) is 2.18. The maximum Gasteiger partial charge on any atom is 0.320 e. The van der Waals surface area contributed by atoms with Crippen LogP contribution in [0.5, 0.6) is 0 Å². The molecule has 1 atom stereocenters. The minimum absolute atomic E-state index is 0.209. The van der Waals surface area contributed by atoms with Gasteiger partial charge in [-0.15, -0.1) is 0 Å². The van der Waals surface area contributed by atoms with Crippen molar-refractivity contribution >= 4 is 5.97 Å². The van der Waals surface area contributed by atoms with Crippen molar-refractivity contribution in [1.82, 2.24) is 0 Å². The molecule has 0 spiro atoms. The van der Waals surface area contributed by atoms with Crippen molar-refractivity contribution in [3.05, 3.63) is 35.9 Å². The summed E-state index contributed by atoms with van der Waals surface area (Å²) in [4.78, 5) is 10.7. The molecule has 3 heteroatoms. The Morgan fingerprint density at radius 3 is 2.40 bits per heavy atom. The van der Waals surface area contributed by atoms with Gasteiger partial charge in [-0.05, 0) is 17.4 Å². The normalized spacial score (nSPS) is 13.5. The predicted molar refractivity (Wildman–Crippen MR) is 59.7 cm³/mol. The van der Waals surface area contributed by atoms with E-state index in [-0.39, 0.29) is 5.41 Å². The van der Waals surface area contributed by atoms with Crippen molar-refractivity contribution in [1.29, 1.82) is 0 Å². The van der Waals surface area contributed by atoms with E-state index in [1.165, 1.54) is 0 Å². The summed E-state index contributed by atoms with van der Waals surface area (Å²) in [7, 11) is 0. The average molecular weight is 207 g/mol. The van der Waals surface area contributed by atoms with Crippen molar-refractivity contribution < 1.29 is 9.90 Å². The summed E-state index contributed by atoms with van der Waals surface area (Å²) in [6.07, 6.45) is 0.437. The van der Waals surface area contributed by atoms with Gasteiger partial charge in [-0.25, -0.2) is 0 Å². The second-order valence-electron chi connectivity index (χ2n) is 4.40. The zero-order valence-corrected chi connectivity index (χ0v) is 9.10. The highest BCUT2D eigenvalue weighted by Gasteiger charge is 2.26. The number of carbonyl (C=O) groups is 1. The van der Waals surface area contributed by atoms with Gasteiger partial charge in [-0.1, -0.05) is 44.2 Å². The smallest absolute Gasteiger partial charge is 0.320 e. The fourth-order valence-corrected chi connectivity index (χ4v) is 1.64. The Hall–Kier alpha value is -1.35. The van der Waals surface area contributed by atoms with E-state index in [2.05, 4.69) is 0 Å². The monoisotopic (exact) mass is 207 g/mol. The van der Waals surface area contributed by atoms with Crippen LogP contribution in [0.4, 0.5) is 0 Å². The van der Waals surface area contributed by atoms with Gasteiger partial charge in [0.2, 0.25) is 0 Å². The summed E-state index contributed by atoms with van der Waals surface area (Å²) in [5, 5.41) is 8.77. The molecule has 1 unspecified atom stereocenters. The van der Waals surface area contributed by atoms with Gasteiger partial charge in [-0.2, -0.15) is 0 Å². The molecule has 0 bridgehead atoms. The van der Waals surface area contributed by atoms with E-state index in [0.717, 1.165) is 5.56 Å². The summed E-state index contributed by atoms with van der Waals surface area (Å²) < 4.78 is 0. The number of carboxylic acid groups (broad SMARTS) is 1. The Morgan fingerprint density at radius 1 is 1.40 bits per heavy atom. The molecule has 0 fully saturated rings. The number of nitrogens with two attached hydrogens (primary N) is 1. The lowest BCUT2D eigenvalue weighted by Crippen LogP contribution is -2.36. The van der Waals surface area contributed by atoms with Crippen molar-refractivity contribution in [3.63, 3.8) is 0 Å². The number of rotatable bonds is 4. The van der Waals surface area contributed by atoms with Gasteiger partial charge in [-0.3, -0.25) is 4.79 Å². The Labute approximate surface area is 89.9 Å². The second-order valence-corrected chi connectivity index (χ2v) is 4.40. The molecule has 1 aromatic carbocycles. The molecule has 1 rings (SSSR count). The molecular weight excluding hydrogens is 190 g/mol. The molecule has 0 saturated carbocycles. The molecule has 0 radical (unpaired) electrons. The Morgan fingerprint density at radius 2 is 1.93 bits per heavy atom. The fraction of sp³-hybridized carbons (Fsp3) is 0.417. The van der Waals surface area contributed by atoms with Crippen molar-refractivity contribution in [2.75, 3.05) is 0 Å². The molecule has 0 saturated heterocycles. The van der Waals surface area contributed by atoms with E-state index in [0.29, 0.717) is 6.42 Å². The van der Waals surface area contributed by atoms with Gasteiger partial charge in [0.15, 0.2) is 0 Å². The van der Waals surface area contributed by atoms with Gasteiger partial charge in [0, 0.05) is 0 Å². The Bertz CT molecular complexity index is 333. The zero-order chi connectivity index (χ0) is 11.5. The molecule has 82 valence electrons. The number of aliphatic carboxylic acids is 1. The minimum atomic E-state index is -0.945. The van der Waals surface area contributed by atoms with Gasteiger partial charge >= 0.3 is 5.97 Å². The lowest BCUT2D eigenvalue weighted by atomic mass is 9.79. The van der Waals surface area contributed by atoms with E-state index in [4.69, 9.17) is 10.8 Å². The van der Waals surface area contributed by atoms with Gasteiger partial charge in [0.1, 0.15) is 6.04 Å². The quantitative estimate of drug-likeness (QED) is 0.790. The SMILES string of the molecule is CC(C)(CC(N)C(=O)O)c1ccccc1. The third-order valence-electron chi connectivity index (χ3n) is 2.60. The standard InChI is InChI=1S/C12H17NO2/c1-12(2,8-10(13)11(14)15)9-6-4-3-5-7-9/h3-7,10H,8,13H2,1-2H3,(H,14,15). The molecule has 0 aliphatic carbocycles. The van der Waals surface area contributed by atoms with Crippen LogP contribution in [0.3, 0.4) is 0 Å². The van der Waals surface area contributed by atoms with Crippen molar-refractivity contribution in [3.8, 4) is 0 Å². The van der Waals surface area contributed by atoms with Crippen molar-refractivity contribution in [2.24, 2.45) is 5.73 Å². The van der Waals surface area contributed by atoms with E-state index >= 15 is 0 Å². The lowest BCUT2D eigenvalue weighted by Gasteiger charge is -2.26. The summed E-state index contributed by atoms with van der Waals surface area (Å²) in [5.41, 5.74) is 6.44. The highest BCUT2D eigenvalue weighted by atomic mass is 16.4. The molecule has 0 amide bonds. The molecule has 0 aliphatic heterocycles. The van der Waals surface area contributed by atoms with Crippen LogP contribution in [0.1, 0.15) is 25.8 Å². The number of benzene rings is 1. The second kappa shape index (κ2) is 4.45. The van der Waals surface area contributed by atoms with Gasteiger partial charge in [0.25, 0.3) is 0 Å². The number of carboxylic acids is 1. The number of hydrogen-bond donors (Lipinski definition) is 2. The van der Waals surface area contributed by atoms with E-state index in [1.54, 1.807) is 0 Å². The third-order valence-corrected chi connectivity index (χ3v) is 2.60. The third kappa shape index (κ3) is 3.06. The van der Waals surface area contributed by atoms with E-state index in [1.807, 2.05) is 44.2 Å². The van der Waals surface area contributed by atoms with Crippen LogP contribution in [-0.4, -0.2) is 17.1 Å². The molecule has 1 aromatic rings. The first-order valence-electron chi connectivity index (χ1n) is 4.97. The molecule has 3 nitrogen and oxygen atoms in total. The first kappa shape index (κ1) is 11.7. The largest absolute Gasteiger partial charge is 0.480 e. The van der Waals surface area contributed by atoms with Crippen LogP contribution in [0.2, 0.25) is 0 Å². The molecular formula is C12H17NO2. The Kier molecular flexibility index (Phi) is 3.48. The molecule has 0 heterocycles. The van der Waals surface area contributed by atoms with Crippen LogP contribution >= 0.6 is 0 Å². The first-order valence-corrected chi connectivity index (χ1v) is 4.97. The van der Waals surface area contributed by atoms with E-state index < -0.39 is 12.0 Å². The van der Waals surface area contributed by atoms with Crippen LogP contribution in [0, 0.1) is 0 Å². The summed E-state index contributed by atoms with van der Waals surface area (Å²) >= 11 is 0. The zero-order valence-electron chi connectivity index (χ0n) is 9.10. The van der Waals surface area contributed by atoms with Gasteiger partial charge in [0.05, 0.1) is 0 Å². The molecule has 3 N–H and O–H groups in total. The summed E-state index contributed by atoms with van der Waals surface area (Å²) in [6, 6.07) is 9.02. The van der Waals surface area contributed by atoms with E-state index in [9.17, 15) is 4.79 Å². The predicted octanol–water partition coefficient (Wildman–Crippen LogP) is 1.77. The van der Waals surface area contributed by atoms with Crippen LogP contribution in [0.25, 0.3) is 0 Å². The number of hydrogen-bond acceptors (Lipinski definition) is 2.